The average molecular weight is 439 g/mol. The third kappa shape index (κ3) is 5.00. The van der Waals surface area contributed by atoms with Crippen LogP contribution in [0.25, 0.3) is 11.0 Å². The predicted molar refractivity (Wildman–Crippen MR) is 130 cm³/mol. The number of imidazole rings is 1. The van der Waals surface area contributed by atoms with Crippen molar-refractivity contribution in [1.29, 1.82) is 0 Å². The van der Waals surface area contributed by atoms with E-state index in [2.05, 4.69) is 64.7 Å². The number of nitrogens with zero attached hydrogens (tertiary/aromatic N) is 2. The van der Waals surface area contributed by atoms with Gasteiger partial charge in [0.2, 0.25) is 0 Å². The highest BCUT2D eigenvalue weighted by molar-refractivity contribution is 5.75. The summed E-state index contributed by atoms with van der Waals surface area (Å²) in [5, 5.41) is 20.5. The number of ether oxygens (including phenoxy) is 1. The maximum absolute atomic E-state index is 10.8. The number of aliphatic hydroxyl groups excluding tert-OH is 2. The average Bonchev–Trinajstić information content (AvgIpc) is 3.15. The molecule has 0 aliphatic carbocycles. The van der Waals surface area contributed by atoms with E-state index in [-0.39, 0.29) is 24.0 Å². The van der Waals surface area contributed by atoms with Gasteiger partial charge in [-0.2, -0.15) is 0 Å². The van der Waals surface area contributed by atoms with Gasteiger partial charge in [0.05, 0.1) is 17.6 Å². The molecule has 1 atom stereocenters. The van der Waals surface area contributed by atoms with E-state index in [9.17, 15) is 10.2 Å². The van der Waals surface area contributed by atoms with Gasteiger partial charge in [0.1, 0.15) is 30.9 Å². The van der Waals surface area contributed by atoms with Gasteiger partial charge in [-0.3, -0.25) is 0 Å². The molecule has 0 spiro atoms. The number of aromatic nitrogens is 2. The summed E-state index contributed by atoms with van der Waals surface area (Å²) in [6, 6.07) is 14.2. The topological polar surface area (TPSA) is 67.5 Å². The van der Waals surface area contributed by atoms with E-state index in [1.165, 1.54) is 11.1 Å². The molecule has 3 aromatic rings. The molecule has 32 heavy (non-hydrogen) atoms. The van der Waals surface area contributed by atoms with Gasteiger partial charge >= 0.3 is 0 Å². The Morgan fingerprint density at radius 1 is 1.00 bits per heavy atom. The number of aliphatic hydroxyl groups is 2. The Morgan fingerprint density at radius 3 is 2.34 bits per heavy atom. The third-order valence-electron chi connectivity index (χ3n) is 6.96. The second-order valence-corrected chi connectivity index (χ2v) is 9.94. The monoisotopic (exact) mass is 438 g/mol. The smallest absolute Gasteiger partial charge is 0.135 e. The lowest BCUT2D eigenvalue weighted by Crippen LogP contribution is -2.26. The SMILES string of the molecule is CCC(C)(C)c1ccc(OC[C@H](O)Cn2c(CO)nc3ccccc32)c(C(C)(C)CC)c1. The van der Waals surface area contributed by atoms with Crippen molar-refractivity contribution in [3.8, 4) is 5.75 Å². The molecular weight excluding hydrogens is 400 g/mol. The van der Waals surface area contributed by atoms with Crippen LogP contribution in [0.1, 0.15) is 71.3 Å². The number of hydrogen-bond donors (Lipinski definition) is 2. The molecular formula is C27H38N2O3. The molecule has 3 rings (SSSR count). The minimum absolute atomic E-state index is 0.0370. The highest BCUT2D eigenvalue weighted by atomic mass is 16.5. The van der Waals surface area contributed by atoms with Crippen molar-refractivity contribution < 1.29 is 14.9 Å². The molecule has 0 amide bonds. The van der Waals surface area contributed by atoms with Crippen LogP contribution in [0.5, 0.6) is 5.75 Å². The van der Waals surface area contributed by atoms with Crippen molar-refractivity contribution in [1.82, 2.24) is 9.55 Å². The van der Waals surface area contributed by atoms with Crippen LogP contribution >= 0.6 is 0 Å². The Hall–Kier alpha value is -2.37. The summed E-state index contributed by atoms with van der Waals surface area (Å²) in [6.45, 7) is 13.7. The van der Waals surface area contributed by atoms with Gasteiger partial charge in [-0.25, -0.2) is 4.98 Å². The molecule has 0 unspecified atom stereocenters. The van der Waals surface area contributed by atoms with Crippen molar-refractivity contribution in [2.24, 2.45) is 0 Å². The minimum atomic E-state index is -0.734. The standard InChI is InChI=1S/C27H38N2O3/c1-7-26(3,4)19-13-14-24(21(15-19)27(5,6)8-2)32-18-20(31)16-29-23-12-10-9-11-22(23)28-25(29)17-30/h9-15,20,30-31H,7-8,16-18H2,1-6H3/t20-/m1/s1. The highest BCUT2D eigenvalue weighted by Crippen LogP contribution is 2.38. The molecule has 0 saturated carbocycles. The van der Waals surface area contributed by atoms with Gasteiger partial charge in [0.25, 0.3) is 0 Å². The molecule has 5 nitrogen and oxygen atoms in total. The van der Waals surface area contributed by atoms with Gasteiger partial charge in [-0.05, 0) is 47.4 Å². The molecule has 2 N–H and O–H groups in total. The number of benzene rings is 2. The molecule has 0 radical (unpaired) electrons. The van der Waals surface area contributed by atoms with Crippen molar-refractivity contribution in [2.75, 3.05) is 6.61 Å². The minimum Gasteiger partial charge on any atom is -0.491 e. The third-order valence-corrected chi connectivity index (χ3v) is 6.96. The molecule has 2 aromatic carbocycles. The number of para-hydroxylation sites is 2. The Morgan fingerprint density at radius 2 is 1.69 bits per heavy atom. The van der Waals surface area contributed by atoms with E-state index in [1.807, 2.05) is 28.8 Å². The second-order valence-electron chi connectivity index (χ2n) is 9.94. The summed E-state index contributed by atoms with van der Waals surface area (Å²) in [7, 11) is 0. The zero-order chi connectivity index (χ0) is 23.5. The van der Waals surface area contributed by atoms with E-state index in [0.29, 0.717) is 12.4 Å². The fourth-order valence-corrected chi connectivity index (χ4v) is 3.90. The quantitative estimate of drug-likeness (QED) is 0.448. The zero-order valence-corrected chi connectivity index (χ0v) is 20.4. The highest BCUT2D eigenvalue weighted by Gasteiger charge is 2.27. The summed E-state index contributed by atoms with van der Waals surface area (Å²) in [6.07, 6.45) is 1.31. The van der Waals surface area contributed by atoms with Crippen molar-refractivity contribution in [3.63, 3.8) is 0 Å². The number of hydrogen-bond acceptors (Lipinski definition) is 4. The van der Waals surface area contributed by atoms with Crippen molar-refractivity contribution in [3.05, 3.63) is 59.4 Å². The summed E-state index contributed by atoms with van der Waals surface area (Å²) >= 11 is 0. The lowest BCUT2D eigenvalue weighted by atomic mass is 9.76. The number of rotatable bonds is 10. The summed E-state index contributed by atoms with van der Waals surface area (Å²) < 4.78 is 8.04. The van der Waals surface area contributed by atoms with Gasteiger partial charge in [0.15, 0.2) is 0 Å². The van der Waals surface area contributed by atoms with Crippen molar-refractivity contribution >= 4 is 11.0 Å². The first-order valence-corrected chi connectivity index (χ1v) is 11.6. The second kappa shape index (κ2) is 9.63. The summed E-state index contributed by atoms with van der Waals surface area (Å²) in [5.74, 6) is 1.37. The molecule has 0 aliphatic heterocycles. The van der Waals surface area contributed by atoms with Crippen LogP contribution < -0.4 is 4.74 Å². The Bertz CT molecular complexity index is 1050. The van der Waals surface area contributed by atoms with E-state index in [1.54, 1.807) is 0 Å². The van der Waals surface area contributed by atoms with Crippen molar-refractivity contribution in [2.45, 2.75) is 84.5 Å². The van der Waals surface area contributed by atoms with Gasteiger partial charge < -0.3 is 19.5 Å². The first-order valence-electron chi connectivity index (χ1n) is 11.6. The van der Waals surface area contributed by atoms with Crippen LogP contribution in [-0.2, 0) is 24.0 Å². The van der Waals surface area contributed by atoms with Crippen LogP contribution in [-0.4, -0.2) is 32.5 Å². The summed E-state index contributed by atoms with van der Waals surface area (Å²) in [4.78, 5) is 4.46. The Balaban J connectivity index is 1.82. The molecule has 5 heteroatoms. The van der Waals surface area contributed by atoms with Gasteiger partial charge in [0, 0.05) is 5.56 Å². The van der Waals surface area contributed by atoms with Crippen LogP contribution in [0.15, 0.2) is 42.5 Å². The van der Waals surface area contributed by atoms with Crippen LogP contribution in [0.4, 0.5) is 0 Å². The zero-order valence-electron chi connectivity index (χ0n) is 20.4. The molecule has 0 fully saturated rings. The molecule has 174 valence electrons. The van der Waals surface area contributed by atoms with Crippen LogP contribution in [0, 0.1) is 0 Å². The summed E-state index contributed by atoms with van der Waals surface area (Å²) in [5.41, 5.74) is 4.25. The molecule has 0 saturated heterocycles. The Kier molecular flexibility index (Phi) is 7.31. The fourth-order valence-electron chi connectivity index (χ4n) is 3.90. The maximum Gasteiger partial charge on any atom is 0.135 e. The molecule has 1 aromatic heterocycles. The first-order chi connectivity index (χ1) is 15.1. The maximum atomic E-state index is 10.8. The fraction of sp³-hybridized carbons (Fsp3) is 0.519. The van der Waals surface area contributed by atoms with E-state index < -0.39 is 6.10 Å². The lowest BCUT2D eigenvalue weighted by Gasteiger charge is -2.30. The van der Waals surface area contributed by atoms with E-state index >= 15 is 0 Å². The van der Waals surface area contributed by atoms with E-state index in [4.69, 9.17) is 4.74 Å². The molecule has 0 aliphatic rings. The van der Waals surface area contributed by atoms with Gasteiger partial charge in [-0.1, -0.05) is 65.8 Å². The van der Waals surface area contributed by atoms with Gasteiger partial charge in [-0.15, -0.1) is 0 Å². The predicted octanol–water partition coefficient (Wildman–Crippen LogP) is 5.34. The molecule has 1 heterocycles. The Labute approximate surface area is 192 Å². The largest absolute Gasteiger partial charge is 0.491 e. The van der Waals surface area contributed by atoms with E-state index in [0.717, 1.165) is 29.6 Å². The van der Waals surface area contributed by atoms with Crippen LogP contribution in [0.2, 0.25) is 0 Å². The van der Waals surface area contributed by atoms with Crippen LogP contribution in [0.3, 0.4) is 0 Å². The first kappa shape index (κ1) is 24.3. The normalized spacial score (nSPS) is 13.5. The number of fused-ring (bicyclic) bond motifs is 1. The molecule has 0 bridgehead atoms. The lowest BCUT2D eigenvalue weighted by molar-refractivity contribution is 0.0904.